The molecule has 3 nitrogen and oxygen atoms in total. The average Bonchev–Trinajstić information content (AvgIpc) is 3.08. The Labute approximate surface area is 203 Å². The number of anilines is 2. The second-order valence-corrected chi connectivity index (χ2v) is 9.80. The van der Waals surface area contributed by atoms with E-state index < -0.39 is 0 Å². The maximum atomic E-state index is 13.3. The molecule has 5 rings (SSSR count). The Morgan fingerprint density at radius 1 is 0.794 bits per heavy atom. The van der Waals surface area contributed by atoms with Crippen LogP contribution in [0.5, 0.6) is 0 Å². The predicted molar refractivity (Wildman–Crippen MR) is 143 cm³/mol. The summed E-state index contributed by atoms with van der Waals surface area (Å²) in [7, 11) is 0. The fraction of sp³-hybridized carbons (Fsp3) is 0.323. The summed E-state index contributed by atoms with van der Waals surface area (Å²) in [5.74, 6) is 0.0161. The SMILES string of the molecule is Cc1ccc(-c2ccc3c(c2)C=C(C(=O)Nc2ccc(N4CCCCC4)cc2C)CCC3)cc1. The fourth-order valence-electron chi connectivity index (χ4n) is 5.13. The van der Waals surface area contributed by atoms with Gasteiger partial charge in [0.05, 0.1) is 0 Å². The van der Waals surface area contributed by atoms with E-state index in [4.69, 9.17) is 0 Å². The minimum Gasteiger partial charge on any atom is -0.372 e. The molecule has 1 amide bonds. The monoisotopic (exact) mass is 450 g/mol. The maximum absolute atomic E-state index is 13.3. The van der Waals surface area contributed by atoms with Crippen molar-refractivity contribution in [3.63, 3.8) is 0 Å². The van der Waals surface area contributed by atoms with E-state index in [2.05, 4.69) is 90.8 Å². The highest BCUT2D eigenvalue weighted by molar-refractivity contribution is 6.07. The Morgan fingerprint density at radius 3 is 2.32 bits per heavy atom. The number of carbonyl (C=O) groups is 1. The summed E-state index contributed by atoms with van der Waals surface area (Å²) < 4.78 is 0. The van der Waals surface area contributed by atoms with Crippen LogP contribution < -0.4 is 10.2 Å². The van der Waals surface area contributed by atoms with E-state index in [9.17, 15) is 4.79 Å². The Balaban J connectivity index is 1.36. The van der Waals surface area contributed by atoms with Crippen molar-refractivity contribution in [3.8, 4) is 11.1 Å². The second-order valence-electron chi connectivity index (χ2n) is 9.80. The number of nitrogens with zero attached hydrogens (tertiary/aromatic N) is 1. The molecule has 0 radical (unpaired) electrons. The van der Waals surface area contributed by atoms with Crippen molar-refractivity contribution in [2.24, 2.45) is 0 Å². The van der Waals surface area contributed by atoms with Gasteiger partial charge in [0.2, 0.25) is 0 Å². The molecule has 2 aliphatic rings. The molecule has 1 fully saturated rings. The number of benzene rings is 3. The molecule has 0 saturated carbocycles. The number of carbonyl (C=O) groups excluding carboxylic acids is 1. The van der Waals surface area contributed by atoms with E-state index >= 15 is 0 Å². The van der Waals surface area contributed by atoms with Crippen molar-refractivity contribution in [1.29, 1.82) is 0 Å². The van der Waals surface area contributed by atoms with Crippen LogP contribution in [0.2, 0.25) is 0 Å². The molecule has 34 heavy (non-hydrogen) atoms. The molecule has 0 spiro atoms. The smallest absolute Gasteiger partial charge is 0.251 e. The van der Waals surface area contributed by atoms with Gasteiger partial charge in [-0.05, 0) is 111 Å². The van der Waals surface area contributed by atoms with Crippen molar-refractivity contribution in [2.75, 3.05) is 23.3 Å². The summed E-state index contributed by atoms with van der Waals surface area (Å²) in [5, 5.41) is 3.20. The lowest BCUT2D eigenvalue weighted by molar-refractivity contribution is -0.112. The fourth-order valence-corrected chi connectivity index (χ4v) is 5.13. The number of amides is 1. The Kier molecular flexibility index (Phi) is 6.53. The number of fused-ring (bicyclic) bond motifs is 1. The molecule has 1 N–H and O–H groups in total. The van der Waals surface area contributed by atoms with Crippen LogP contribution in [-0.4, -0.2) is 19.0 Å². The van der Waals surface area contributed by atoms with E-state index in [0.717, 1.165) is 54.7 Å². The lowest BCUT2D eigenvalue weighted by Gasteiger charge is -2.29. The van der Waals surface area contributed by atoms with Crippen molar-refractivity contribution < 1.29 is 4.79 Å². The van der Waals surface area contributed by atoms with Gasteiger partial charge in [0.15, 0.2) is 0 Å². The van der Waals surface area contributed by atoms with Crippen molar-refractivity contribution in [2.45, 2.75) is 52.4 Å². The summed E-state index contributed by atoms with van der Waals surface area (Å²) in [6.45, 7) is 6.45. The lowest BCUT2D eigenvalue weighted by Crippen LogP contribution is -2.29. The van der Waals surface area contributed by atoms with Crippen LogP contribution in [0, 0.1) is 13.8 Å². The van der Waals surface area contributed by atoms with Crippen LogP contribution >= 0.6 is 0 Å². The summed E-state index contributed by atoms with van der Waals surface area (Å²) in [6, 6.07) is 21.7. The third-order valence-corrected chi connectivity index (χ3v) is 7.22. The predicted octanol–water partition coefficient (Wildman–Crippen LogP) is 7.32. The van der Waals surface area contributed by atoms with E-state index in [1.165, 1.54) is 47.2 Å². The number of hydrogen-bond donors (Lipinski definition) is 1. The van der Waals surface area contributed by atoms with Crippen LogP contribution in [0.1, 0.15) is 54.4 Å². The first-order valence-electron chi connectivity index (χ1n) is 12.6. The first kappa shape index (κ1) is 22.5. The molecule has 3 aromatic carbocycles. The number of hydrogen-bond acceptors (Lipinski definition) is 2. The number of nitrogens with one attached hydrogen (secondary N) is 1. The molecule has 0 bridgehead atoms. The highest BCUT2D eigenvalue weighted by atomic mass is 16.1. The Morgan fingerprint density at radius 2 is 1.56 bits per heavy atom. The molecular formula is C31H34N2O. The molecule has 174 valence electrons. The van der Waals surface area contributed by atoms with Crippen LogP contribution in [0.3, 0.4) is 0 Å². The van der Waals surface area contributed by atoms with Gasteiger partial charge in [-0.1, -0.05) is 42.0 Å². The van der Waals surface area contributed by atoms with Gasteiger partial charge < -0.3 is 10.2 Å². The minimum atomic E-state index is 0.0161. The molecule has 0 atom stereocenters. The Hall–Kier alpha value is -3.33. The van der Waals surface area contributed by atoms with Gasteiger partial charge in [-0.3, -0.25) is 4.79 Å². The van der Waals surface area contributed by atoms with Crippen LogP contribution in [0.25, 0.3) is 17.2 Å². The van der Waals surface area contributed by atoms with Crippen molar-refractivity contribution >= 4 is 23.4 Å². The van der Waals surface area contributed by atoms with Gasteiger partial charge in [0.1, 0.15) is 0 Å². The molecule has 0 aromatic heterocycles. The lowest BCUT2D eigenvalue weighted by atomic mass is 9.97. The largest absolute Gasteiger partial charge is 0.372 e. The quantitative estimate of drug-likeness (QED) is 0.452. The minimum absolute atomic E-state index is 0.0161. The number of rotatable bonds is 4. The summed E-state index contributed by atoms with van der Waals surface area (Å²) in [6.07, 6.45) is 8.74. The zero-order valence-electron chi connectivity index (χ0n) is 20.4. The molecular weight excluding hydrogens is 416 g/mol. The average molecular weight is 451 g/mol. The topological polar surface area (TPSA) is 32.3 Å². The van der Waals surface area contributed by atoms with Crippen molar-refractivity contribution in [1.82, 2.24) is 0 Å². The summed E-state index contributed by atoms with van der Waals surface area (Å²) >= 11 is 0. The summed E-state index contributed by atoms with van der Waals surface area (Å²) in [4.78, 5) is 15.7. The van der Waals surface area contributed by atoms with E-state index in [0.29, 0.717) is 0 Å². The molecule has 3 aromatic rings. The van der Waals surface area contributed by atoms with Crippen LogP contribution in [-0.2, 0) is 11.2 Å². The number of piperidine rings is 1. The molecule has 3 heteroatoms. The van der Waals surface area contributed by atoms with Gasteiger partial charge in [-0.25, -0.2) is 0 Å². The third kappa shape index (κ3) is 4.94. The maximum Gasteiger partial charge on any atom is 0.251 e. The second kappa shape index (κ2) is 9.89. The highest BCUT2D eigenvalue weighted by Crippen LogP contribution is 2.30. The van der Waals surface area contributed by atoms with Crippen LogP contribution in [0.4, 0.5) is 11.4 Å². The van der Waals surface area contributed by atoms with E-state index in [1.54, 1.807) is 0 Å². The Bertz CT molecular complexity index is 1220. The van der Waals surface area contributed by atoms with Gasteiger partial charge in [0, 0.05) is 30.0 Å². The van der Waals surface area contributed by atoms with Gasteiger partial charge in [-0.15, -0.1) is 0 Å². The molecule has 1 aliphatic carbocycles. The zero-order chi connectivity index (χ0) is 23.5. The van der Waals surface area contributed by atoms with E-state index in [-0.39, 0.29) is 5.91 Å². The first-order valence-corrected chi connectivity index (χ1v) is 12.6. The van der Waals surface area contributed by atoms with Gasteiger partial charge >= 0.3 is 0 Å². The molecule has 1 saturated heterocycles. The number of aryl methyl sites for hydroxylation is 3. The van der Waals surface area contributed by atoms with E-state index in [1.807, 2.05) is 0 Å². The van der Waals surface area contributed by atoms with Crippen LogP contribution in [0.15, 0.2) is 66.2 Å². The molecule has 1 heterocycles. The first-order chi connectivity index (χ1) is 16.6. The molecule has 1 aliphatic heterocycles. The molecule has 0 unspecified atom stereocenters. The van der Waals surface area contributed by atoms with Gasteiger partial charge in [0.25, 0.3) is 5.91 Å². The van der Waals surface area contributed by atoms with Gasteiger partial charge in [-0.2, -0.15) is 0 Å². The zero-order valence-corrected chi connectivity index (χ0v) is 20.4. The summed E-state index contributed by atoms with van der Waals surface area (Å²) in [5.41, 5.74) is 10.3. The normalized spacial score (nSPS) is 15.8. The highest BCUT2D eigenvalue weighted by Gasteiger charge is 2.17. The standard InChI is InChI=1S/C31H34N2O/c1-22-9-11-25(12-10-22)26-14-13-24-7-6-8-27(21-28(24)20-26)31(34)32-30-16-15-29(19-23(30)2)33-17-4-3-5-18-33/h9-16,19-21H,3-8,17-18H2,1-2H3,(H,32,34). The third-order valence-electron chi connectivity index (χ3n) is 7.22. The van der Waals surface area contributed by atoms with Crippen molar-refractivity contribution in [3.05, 3.63) is 88.5 Å².